The van der Waals surface area contributed by atoms with E-state index in [1.54, 1.807) is 12.1 Å². The molecule has 1 aliphatic heterocycles. The number of amides is 1. The molecule has 0 bridgehead atoms. The summed E-state index contributed by atoms with van der Waals surface area (Å²) in [4.78, 5) is 16.3. The van der Waals surface area contributed by atoms with Gasteiger partial charge in [-0.05, 0) is 24.3 Å². The third-order valence-electron chi connectivity index (χ3n) is 3.95. The zero-order chi connectivity index (χ0) is 18.6. The Morgan fingerprint density at radius 1 is 1.23 bits per heavy atom. The molecule has 1 amide bonds. The Balaban J connectivity index is 1.62. The topological polar surface area (TPSA) is 106 Å². The molecule has 10 heteroatoms. The fourth-order valence-electron chi connectivity index (χ4n) is 2.57. The van der Waals surface area contributed by atoms with Gasteiger partial charge in [0, 0.05) is 25.2 Å². The van der Waals surface area contributed by atoms with E-state index in [1.165, 1.54) is 27.4 Å². The van der Waals surface area contributed by atoms with E-state index in [-0.39, 0.29) is 17.3 Å². The van der Waals surface area contributed by atoms with Crippen LogP contribution in [0.1, 0.15) is 12.7 Å². The average Bonchev–Trinajstić information content (AvgIpc) is 3.10. The number of morpholine rings is 1. The Bertz CT molecular complexity index is 857. The standard InChI is InChI=1S/C16H21N5O4S/c1-2-15-17-12-20(19-15)11-16(22)18-13-3-5-14(6-4-13)26(23,24)21-7-9-25-10-8-21/h3-6,12H,2,7-11H2,1H3,(H,18,22). The second-order valence-electron chi connectivity index (χ2n) is 5.80. The van der Waals surface area contributed by atoms with Crippen LogP contribution < -0.4 is 5.32 Å². The second-order valence-corrected chi connectivity index (χ2v) is 7.74. The zero-order valence-corrected chi connectivity index (χ0v) is 15.3. The molecule has 0 atom stereocenters. The predicted molar refractivity (Wildman–Crippen MR) is 94.0 cm³/mol. The molecule has 1 aromatic heterocycles. The first kappa shape index (κ1) is 18.5. The van der Waals surface area contributed by atoms with E-state index in [1.807, 2.05) is 6.92 Å². The summed E-state index contributed by atoms with van der Waals surface area (Å²) in [6.07, 6.45) is 2.21. The summed E-state index contributed by atoms with van der Waals surface area (Å²) in [6.45, 7) is 3.47. The van der Waals surface area contributed by atoms with E-state index in [0.717, 1.165) is 0 Å². The maximum Gasteiger partial charge on any atom is 0.246 e. The van der Waals surface area contributed by atoms with E-state index in [4.69, 9.17) is 4.74 Å². The molecular formula is C16H21N5O4S. The maximum absolute atomic E-state index is 12.6. The van der Waals surface area contributed by atoms with E-state index in [9.17, 15) is 13.2 Å². The molecule has 0 unspecified atom stereocenters. The maximum atomic E-state index is 12.6. The number of aryl methyl sites for hydroxylation is 1. The number of rotatable bonds is 6. The van der Waals surface area contributed by atoms with Crippen molar-refractivity contribution in [1.29, 1.82) is 0 Å². The Labute approximate surface area is 152 Å². The van der Waals surface area contributed by atoms with Crippen molar-refractivity contribution in [3.63, 3.8) is 0 Å². The van der Waals surface area contributed by atoms with Crippen LogP contribution in [0.5, 0.6) is 0 Å². The molecular weight excluding hydrogens is 358 g/mol. The van der Waals surface area contributed by atoms with E-state index in [0.29, 0.717) is 44.2 Å². The van der Waals surface area contributed by atoms with E-state index < -0.39 is 10.0 Å². The molecule has 0 saturated carbocycles. The van der Waals surface area contributed by atoms with Gasteiger partial charge >= 0.3 is 0 Å². The van der Waals surface area contributed by atoms with E-state index >= 15 is 0 Å². The van der Waals surface area contributed by atoms with Crippen LogP contribution in [0.4, 0.5) is 5.69 Å². The van der Waals surface area contributed by atoms with Crippen LogP contribution in [0.2, 0.25) is 0 Å². The summed E-state index contributed by atoms with van der Waals surface area (Å²) in [5.74, 6) is 0.414. The molecule has 1 saturated heterocycles. The van der Waals surface area contributed by atoms with Gasteiger partial charge in [-0.25, -0.2) is 18.1 Å². The summed E-state index contributed by atoms with van der Waals surface area (Å²) in [7, 11) is -3.54. The second kappa shape index (κ2) is 7.94. The molecule has 1 aliphatic rings. The largest absolute Gasteiger partial charge is 0.379 e. The van der Waals surface area contributed by atoms with Crippen molar-refractivity contribution in [2.24, 2.45) is 0 Å². The Hall–Kier alpha value is -2.30. The van der Waals surface area contributed by atoms with Gasteiger partial charge in [-0.1, -0.05) is 6.92 Å². The Morgan fingerprint density at radius 2 is 1.92 bits per heavy atom. The summed E-state index contributed by atoms with van der Waals surface area (Å²) in [5, 5.41) is 6.88. The highest BCUT2D eigenvalue weighted by atomic mass is 32.2. The monoisotopic (exact) mass is 379 g/mol. The van der Waals surface area contributed by atoms with Crippen molar-refractivity contribution < 1.29 is 17.9 Å². The molecule has 0 spiro atoms. The molecule has 2 aromatic rings. The van der Waals surface area contributed by atoms with Gasteiger partial charge < -0.3 is 10.1 Å². The first-order valence-corrected chi connectivity index (χ1v) is 9.79. The number of carbonyl (C=O) groups excluding carboxylic acids is 1. The Kier molecular flexibility index (Phi) is 5.64. The van der Waals surface area contributed by atoms with Crippen molar-refractivity contribution in [2.75, 3.05) is 31.6 Å². The van der Waals surface area contributed by atoms with Gasteiger partial charge in [0.1, 0.15) is 18.7 Å². The fraction of sp³-hybridized carbons (Fsp3) is 0.438. The van der Waals surface area contributed by atoms with Crippen LogP contribution in [0.3, 0.4) is 0 Å². The lowest BCUT2D eigenvalue weighted by Gasteiger charge is -2.26. The normalized spacial score (nSPS) is 15.7. The molecule has 0 radical (unpaired) electrons. The molecule has 0 aliphatic carbocycles. The summed E-state index contributed by atoms with van der Waals surface area (Å²) in [5.41, 5.74) is 0.520. The number of nitrogens with one attached hydrogen (secondary N) is 1. The molecule has 3 rings (SSSR count). The highest BCUT2D eigenvalue weighted by Crippen LogP contribution is 2.19. The molecule has 2 heterocycles. The van der Waals surface area contributed by atoms with Gasteiger partial charge in [0.15, 0.2) is 0 Å². The number of sulfonamides is 1. The number of carbonyl (C=O) groups is 1. The third-order valence-corrected chi connectivity index (χ3v) is 5.86. The van der Waals surface area contributed by atoms with Crippen LogP contribution in [-0.2, 0) is 32.5 Å². The molecule has 9 nitrogen and oxygen atoms in total. The highest BCUT2D eigenvalue weighted by Gasteiger charge is 2.26. The average molecular weight is 379 g/mol. The zero-order valence-electron chi connectivity index (χ0n) is 14.5. The van der Waals surface area contributed by atoms with Crippen LogP contribution in [0.15, 0.2) is 35.5 Å². The molecule has 1 fully saturated rings. The van der Waals surface area contributed by atoms with Crippen LogP contribution >= 0.6 is 0 Å². The van der Waals surface area contributed by atoms with Gasteiger partial charge in [0.25, 0.3) is 0 Å². The number of aromatic nitrogens is 3. The van der Waals surface area contributed by atoms with Crippen molar-refractivity contribution in [3.8, 4) is 0 Å². The third kappa shape index (κ3) is 4.26. The van der Waals surface area contributed by atoms with Gasteiger partial charge in [-0.2, -0.15) is 9.40 Å². The highest BCUT2D eigenvalue weighted by molar-refractivity contribution is 7.89. The van der Waals surface area contributed by atoms with Crippen LogP contribution in [-0.4, -0.2) is 59.7 Å². The molecule has 26 heavy (non-hydrogen) atoms. The molecule has 1 aromatic carbocycles. The minimum Gasteiger partial charge on any atom is -0.379 e. The quantitative estimate of drug-likeness (QED) is 0.783. The van der Waals surface area contributed by atoms with Crippen LogP contribution in [0.25, 0.3) is 0 Å². The lowest BCUT2D eigenvalue weighted by Crippen LogP contribution is -2.40. The number of ether oxygens (including phenoxy) is 1. The number of anilines is 1. The Morgan fingerprint density at radius 3 is 2.54 bits per heavy atom. The number of hydrogen-bond donors (Lipinski definition) is 1. The molecule has 1 N–H and O–H groups in total. The lowest BCUT2D eigenvalue weighted by molar-refractivity contribution is -0.116. The van der Waals surface area contributed by atoms with Crippen molar-refractivity contribution >= 4 is 21.6 Å². The smallest absolute Gasteiger partial charge is 0.246 e. The minimum absolute atomic E-state index is 0.0425. The first-order valence-electron chi connectivity index (χ1n) is 8.35. The summed E-state index contributed by atoms with van der Waals surface area (Å²) >= 11 is 0. The SMILES string of the molecule is CCc1ncn(CC(=O)Nc2ccc(S(=O)(=O)N3CCOCC3)cc2)n1. The number of benzene rings is 1. The van der Waals surface area contributed by atoms with Crippen LogP contribution in [0, 0.1) is 0 Å². The summed E-state index contributed by atoms with van der Waals surface area (Å²) in [6, 6.07) is 6.13. The van der Waals surface area contributed by atoms with Gasteiger partial charge in [-0.15, -0.1) is 0 Å². The lowest BCUT2D eigenvalue weighted by atomic mass is 10.3. The van der Waals surface area contributed by atoms with Gasteiger partial charge in [0.2, 0.25) is 15.9 Å². The van der Waals surface area contributed by atoms with Crippen molar-refractivity contribution in [1.82, 2.24) is 19.1 Å². The van der Waals surface area contributed by atoms with Gasteiger partial charge in [0.05, 0.1) is 18.1 Å². The predicted octanol–water partition coefficient (Wildman–Crippen LogP) is 0.500. The minimum atomic E-state index is -3.54. The molecule has 140 valence electrons. The fourth-order valence-corrected chi connectivity index (χ4v) is 3.97. The number of hydrogen-bond acceptors (Lipinski definition) is 6. The first-order chi connectivity index (χ1) is 12.5. The summed E-state index contributed by atoms with van der Waals surface area (Å²) < 4.78 is 33.2. The van der Waals surface area contributed by atoms with Gasteiger partial charge in [-0.3, -0.25) is 4.79 Å². The number of nitrogens with zero attached hydrogens (tertiary/aromatic N) is 4. The van der Waals surface area contributed by atoms with Crippen molar-refractivity contribution in [2.45, 2.75) is 24.8 Å². The van der Waals surface area contributed by atoms with Crippen molar-refractivity contribution in [3.05, 3.63) is 36.4 Å². The van der Waals surface area contributed by atoms with E-state index in [2.05, 4.69) is 15.4 Å².